The second kappa shape index (κ2) is 6.19. The maximum absolute atomic E-state index is 13.3. The summed E-state index contributed by atoms with van der Waals surface area (Å²) in [5.41, 5.74) is 3.09. The number of aromatic nitrogens is 6. The molecule has 0 aromatic carbocycles. The molecular formula is C18H23N7O. The molecule has 0 radical (unpaired) electrons. The molecule has 0 aliphatic carbocycles. The van der Waals surface area contributed by atoms with E-state index in [0.717, 1.165) is 53.5 Å². The van der Waals surface area contributed by atoms with Gasteiger partial charge < -0.3 is 4.90 Å². The van der Waals surface area contributed by atoms with Crippen LogP contribution in [0, 0.1) is 20.8 Å². The molecule has 1 aliphatic rings. The molecular weight excluding hydrogens is 330 g/mol. The maximum Gasteiger partial charge on any atom is 0.254 e. The minimum absolute atomic E-state index is 0.0357. The second-order valence-corrected chi connectivity index (χ2v) is 7.09. The minimum atomic E-state index is 0.0357. The molecule has 0 bridgehead atoms. The Labute approximate surface area is 151 Å². The summed E-state index contributed by atoms with van der Waals surface area (Å²) in [6, 6.07) is 1.87. The van der Waals surface area contributed by atoms with Crippen LogP contribution in [0.5, 0.6) is 0 Å². The monoisotopic (exact) mass is 353 g/mol. The highest BCUT2D eigenvalue weighted by Crippen LogP contribution is 2.28. The Morgan fingerprint density at radius 1 is 1.27 bits per heavy atom. The number of aromatic amines is 1. The summed E-state index contributed by atoms with van der Waals surface area (Å²) in [5, 5.41) is 12.5. The van der Waals surface area contributed by atoms with Crippen molar-refractivity contribution in [2.45, 2.75) is 39.5 Å². The molecule has 136 valence electrons. The van der Waals surface area contributed by atoms with E-state index in [1.165, 1.54) is 0 Å². The van der Waals surface area contributed by atoms with Crippen LogP contribution in [0.2, 0.25) is 0 Å². The standard InChI is InChI=1S/C18H23N7O/c1-10-8-14(15-11(2)23-24(4)17(15)19-10)18(26)25-7-5-6-13(9-25)16-20-12(3)21-22-16/h8,13H,5-7,9H2,1-4H3,(H,20,21,22)/t13-/m1/s1. The molecule has 4 heterocycles. The normalized spacial score (nSPS) is 17.8. The summed E-state index contributed by atoms with van der Waals surface area (Å²) in [5.74, 6) is 1.81. The van der Waals surface area contributed by atoms with Gasteiger partial charge in [0.25, 0.3) is 5.91 Å². The zero-order chi connectivity index (χ0) is 18.4. The van der Waals surface area contributed by atoms with Crippen LogP contribution in [0.1, 0.15) is 52.2 Å². The number of carbonyl (C=O) groups is 1. The Kier molecular flexibility index (Phi) is 3.97. The van der Waals surface area contributed by atoms with Gasteiger partial charge in [0.15, 0.2) is 11.5 Å². The number of fused-ring (bicyclic) bond motifs is 1. The summed E-state index contributed by atoms with van der Waals surface area (Å²) in [6.07, 6.45) is 1.95. The number of rotatable bonds is 2. The lowest BCUT2D eigenvalue weighted by atomic mass is 9.96. The van der Waals surface area contributed by atoms with Gasteiger partial charge in [-0.15, -0.1) is 0 Å². The lowest BCUT2D eigenvalue weighted by Crippen LogP contribution is -2.39. The third kappa shape index (κ3) is 2.75. The van der Waals surface area contributed by atoms with Gasteiger partial charge in [-0.25, -0.2) is 9.97 Å². The second-order valence-electron chi connectivity index (χ2n) is 7.09. The average Bonchev–Trinajstić information content (AvgIpc) is 3.17. The molecule has 1 N–H and O–H groups in total. The number of pyridine rings is 1. The van der Waals surface area contributed by atoms with E-state index in [1.807, 2.05) is 38.8 Å². The van der Waals surface area contributed by atoms with Gasteiger partial charge in [0.1, 0.15) is 5.82 Å². The Morgan fingerprint density at radius 2 is 2.08 bits per heavy atom. The fourth-order valence-corrected chi connectivity index (χ4v) is 3.82. The summed E-state index contributed by atoms with van der Waals surface area (Å²) >= 11 is 0. The molecule has 3 aromatic rings. The predicted molar refractivity (Wildman–Crippen MR) is 97.0 cm³/mol. The van der Waals surface area contributed by atoms with Crippen LogP contribution in [0.25, 0.3) is 11.0 Å². The van der Waals surface area contributed by atoms with Crippen molar-refractivity contribution in [2.24, 2.45) is 7.05 Å². The van der Waals surface area contributed by atoms with Gasteiger partial charge in [-0.1, -0.05) is 0 Å². The molecule has 4 rings (SSSR count). The van der Waals surface area contributed by atoms with E-state index in [1.54, 1.807) is 4.68 Å². The number of piperidine rings is 1. The molecule has 0 unspecified atom stereocenters. The number of nitrogens with zero attached hydrogens (tertiary/aromatic N) is 6. The van der Waals surface area contributed by atoms with Crippen LogP contribution in [0.4, 0.5) is 0 Å². The first-order chi connectivity index (χ1) is 12.4. The number of hydrogen-bond acceptors (Lipinski definition) is 5. The summed E-state index contributed by atoms with van der Waals surface area (Å²) in [4.78, 5) is 24.2. The van der Waals surface area contributed by atoms with Crippen molar-refractivity contribution in [1.82, 2.24) is 34.8 Å². The molecule has 1 saturated heterocycles. The molecule has 0 spiro atoms. The van der Waals surface area contributed by atoms with E-state index >= 15 is 0 Å². The zero-order valence-corrected chi connectivity index (χ0v) is 15.6. The highest BCUT2D eigenvalue weighted by atomic mass is 16.2. The average molecular weight is 353 g/mol. The first-order valence-electron chi connectivity index (χ1n) is 8.93. The van der Waals surface area contributed by atoms with Crippen LogP contribution in [0.15, 0.2) is 6.07 Å². The fraction of sp³-hybridized carbons (Fsp3) is 0.500. The first-order valence-corrected chi connectivity index (χ1v) is 8.93. The summed E-state index contributed by atoms with van der Waals surface area (Å²) in [6.45, 7) is 7.11. The molecule has 8 heteroatoms. The molecule has 1 fully saturated rings. The molecule has 1 aliphatic heterocycles. The van der Waals surface area contributed by atoms with Crippen molar-refractivity contribution in [3.05, 3.63) is 34.7 Å². The van der Waals surface area contributed by atoms with E-state index in [0.29, 0.717) is 12.1 Å². The number of H-pyrrole nitrogens is 1. The van der Waals surface area contributed by atoms with Crippen molar-refractivity contribution < 1.29 is 4.79 Å². The van der Waals surface area contributed by atoms with Crippen LogP contribution >= 0.6 is 0 Å². The van der Waals surface area contributed by atoms with E-state index in [2.05, 4.69) is 25.3 Å². The number of nitrogens with one attached hydrogen (secondary N) is 1. The van der Waals surface area contributed by atoms with E-state index < -0.39 is 0 Å². The lowest BCUT2D eigenvalue weighted by Gasteiger charge is -2.31. The van der Waals surface area contributed by atoms with Crippen molar-refractivity contribution in [1.29, 1.82) is 0 Å². The maximum atomic E-state index is 13.3. The Balaban J connectivity index is 1.68. The topological polar surface area (TPSA) is 92.6 Å². The minimum Gasteiger partial charge on any atom is -0.338 e. The predicted octanol–water partition coefficient (Wildman–Crippen LogP) is 2.03. The Morgan fingerprint density at radius 3 is 2.81 bits per heavy atom. The quantitative estimate of drug-likeness (QED) is 0.761. The molecule has 3 aromatic heterocycles. The van der Waals surface area contributed by atoms with Crippen LogP contribution in [-0.4, -0.2) is 53.8 Å². The van der Waals surface area contributed by atoms with Gasteiger partial charge in [0, 0.05) is 31.7 Å². The first kappa shape index (κ1) is 16.7. The largest absolute Gasteiger partial charge is 0.338 e. The van der Waals surface area contributed by atoms with E-state index in [-0.39, 0.29) is 11.8 Å². The fourth-order valence-electron chi connectivity index (χ4n) is 3.82. The van der Waals surface area contributed by atoms with Gasteiger partial charge >= 0.3 is 0 Å². The van der Waals surface area contributed by atoms with Crippen LogP contribution in [0.3, 0.4) is 0 Å². The Hall–Kier alpha value is -2.77. The van der Waals surface area contributed by atoms with Crippen molar-refractivity contribution in [2.75, 3.05) is 13.1 Å². The molecule has 0 saturated carbocycles. The third-order valence-electron chi connectivity index (χ3n) is 5.02. The van der Waals surface area contributed by atoms with Crippen LogP contribution < -0.4 is 0 Å². The Bertz CT molecular complexity index is 987. The van der Waals surface area contributed by atoms with Crippen molar-refractivity contribution >= 4 is 16.9 Å². The number of likely N-dealkylation sites (tertiary alicyclic amines) is 1. The molecule has 1 amide bonds. The van der Waals surface area contributed by atoms with Gasteiger partial charge in [0.2, 0.25) is 0 Å². The molecule has 1 atom stereocenters. The zero-order valence-electron chi connectivity index (χ0n) is 15.6. The highest BCUT2D eigenvalue weighted by molar-refractivity contribution is 6.06. The van der Waals surface area contributed by atoms with E-state index in [4.69, 9.17) is 0 Å². The SMILES string of the molecule is Cc1cc(C(=O)N2CCC[C@@H](c3n[nH]c(C)n3)C2)c2c(C)nn(C)c2n1. The summed E-state index contributed by atoms with van der Waals surface area (Å²) < 4.78 is 1.74. The van der Waals surface area contributed by atoms with Gasteiger partial charge in [0.05, 0.1) is 16.6 Å². The van der Waals surface area contributed by atoms with Gasteiger partial charge in [-0.3, -0.25) is 14.6 Å². The number of aryl methyl sites for hydroxylation is 4. The number of amides is 1. The summed E-state index contributed by atoms with van der Waals surface area (Å²) in [7, 11) is 1.86. The smallest absolute Gasteiger partial charge is 0.254 e. The molecule has 26 heavy (non-hydrogen) atoms. The van der Waals surface area contributed by atoms with E-state index in [9.17, 15) is 4.79 Å². The lowest BCUT2D eigenvalue weighted by molar-refractivity contribution is 0.0706. The van der Waals surface area contributed by atoms with Gasteiger partial charge in [-0.2, -0.15) is 10.2 Å². The van der Waals surface area contributed by atoms with Gasteiger partial charge in [-0.05, 0) is 39.7 Å². The van der Waals surface area contributed by atoms with Crippen molar-refractivity contribution in [3.63, 3.8) is 0 Å². The molecule has 8 nitrogen and oxygen atoms in total. The number of carbonyl (C=O) groups excluding carboxylic acids is 1. The van der Waals surface area contributed by atoms with Crippen LogP contribution in [-0.2, 0) is 7.05 Å². The highest BCUT2D eigenvalue weighted by Gasteiger charge is 2.29. The number of hydrogen-bond donors (Lipinski definition) is 1. The van der Waals surface area contributed by atoms with Crippen molar-refractivity contribution in [3.8, 4) is 0 Å². The third-order valence-corrected chi connectivity index (χ3v) is 5.02.